The molecule has 0 aliphatic rings. The van der Waals surface area contributed by atoms with E-state index in [1.807, 2.05) is 30.3 Å². The quantitative estimate of drug-likeness (QED) is 0.701. The van der Waals surface area contributed by atoms with Crippen LogP contribution >= 0.6 is 0 Å². The van der Waals surface area contributed by atoms with E-state index in [1.165, 1.54) is 0 Å². The average molecular weight is 360 g/mol. The summed E-state index contributed by atoms with van der Waals surface area (Å²) in [5.74, 6) is 0.137. The van der Waals surface area contributed by atoms with Gasteiger partial charge in [0.1, 0.15) is 5.75 Å². The van der Waals surface area contributed by atoms with E-state index in [0.29, 0.717) is 29.1 Å². The highest BCUT2D eigenvalue weighted by molar-refractivity contribution is 6.09. The molecule has 2 N–H and O–H groups in total. The van der Waals surface area contributed by atoms with Crippen molar-refractivity contribution in [3.63, 3.8) is 0 Å². The number of carbonyl (C=O) groups is 2. The number of hydrogen-bond acceptors (Lipinski definition) is 3. The molecule has 0 fully saturated rings. The van der Waals surface area contributed by atoms with Crippen LogP contribution in [0.4, 0.5) is 5.69 Å². The van der Waals surface area contributed by atoms with Gasteiger partial charge in [-0.25, -0.2) is 0 Å². The maximum atomic E-state index is 12.6. The van der Waals surface area contributed by atoms with Crippen molar-refractivity contribution in [3.05, 3.63) is 95.6 Å². The SMILES string of the molecule is COc1ccc(C(=O)Nc2ccccc2C(=O)NCc2ccccc2)cc1. The molecule has 136 valence electrons. The molecular formula is C22H20N2O3. The first-order valence-corrected chi connectivity index (χ1v) is 8.54. The Labute approximate surface area is 158 Å². The molecule has 0 spiro atoms. The highest BCUT2D eigenvalue weighted by Crippen LogP contribution is 2.18. The third-order valence-electron chi connectivity index (χ3n) is 4.07. The average Bonchev–Trinajstić information content (AvgIpc) is 2.73. The van der Waals surface area contributed by atoms with Gasteiger partial charge in [0.25, 0.3) is 11.8 Å². The molecule has 0 radical (unpaired) electrons. The van der Waals surface area contributed by atoms with Crippen LogP contribution in [0.3, 0.4) is 0 Å². The van der Waals surface area contributed by atoms with E-state index in [0.717, 1.165) is 5.56 Å². The minimum absolute atomic E-state index is 0.246. The lowest BCUT2D eigenvalue weighted by atomic mass is 10.1. The van der Waals surface area contributed by atoms with Gasteiger partial charge in [-0.3, -0.25) is 9.59 Å². The summed E-state index contributed by atoms with van der Waals surface area (Å²) in [6.07, 6.45) is 0. The van der Waals surface area contributed by atoms with Crippen LogP contribution in [-0.4, -0.2) is 18.9 Å². The number of hydrogen-bond donors (Lipinski definition) is 2. The second-order valence-electron chi connectivity index (χ2n) is 5.90. The van der Waals surface area contributed by atoms with E-state index in [4.69, 9.17) is 4.74 Å². The van der Waals surface area contributed by atoms with Crippen LogP contribution in [-0.2, 0) is 6.54 Å². The number of nitrogens with one attached hydrogen (secondary N) is 2. The number of rotatable bonds is 6. The van der Waals surface area contributed by atoms with Crippen LogP contribution in [0, 0.1) is 0 Å². The molecule has 3 aromatic rings. The van der Waals surface area contributed by atoms with Crippen molar-refractivity contribution in [2.24, 2.45) is 0 Å². The largest absolute Gasteiger partial charge is 0.497 e. The van der Waals surface area contributed by atoms with Gasteiger partial charge in [-0.2, -0.15) is 0 Å². The van der Waals surface area contributed by atoms with Gasteiger partial charge in [0.15, 0.2) is 0 Å². The van der Waals surface area contributed by atoms with E-state index in [9.17, 15) is 9.59 Å². The van der Waals surface area contributed by atoms with Crippen LogP contribution in [0.15, 0.2) is 78.9 Å². The highest BCUT2D eigenvalue weighted by atomic mass is 16.5. The molecule has 2 amide bonds. The Morgan fingerprint density at radius 2 is 1.48 bits per heavy atom. The Bertz CT molecular complexity index is 922. The summed E-state index contributed by atoms with van der Waals surface area (Å²) in [5, 5.41) is 5.68. The Morgan fingerprint density at radius 1 is 0.815 bits per heavy atom. The number of benzene rings is 3. The lowest BCUT2D eigenvalue weighted by Gasteiger charge is -2.12. The van der Waals surface area contributed by atoms with Crippen molar-refractivity contribution in [1.29, 1.82) is 0 Å². The molecule has 0 atom stereocenters. The lowest BCUT2D eigenvalue weighted by molar-refractivity contribution is 0.0952. The van der Waals surface area contributed by atoms with Gasteiger partial charge in [-0.05, 0) is 42.0 Å². The van der Waals surface area contributed by atoms with Crippen molar-refractivity contribution < 1.29 is 14.3 Å². The Balaban J connectivity index is 1.71. The molecule has 0 unspecified atom stereocenters. The highest BCUT2D eigenvalue weighted by Gasteiger charge is 2.14. The summed E-state index contributed by atoms with van der Waals surface area (Å²) < 4.78 is 5.10. The van der Waals surface area contributed by atoms with Gasteiger partial charge in [0.2, 0.25) is 0 Å². The van der Waals surface area contributed by atoms with Crippen molar-refractivity contribution in [2.45, 2.75) is 6.54 Å². The van der Waals surface area contributed by atoms with Crippen LogP contribution in [0.25, 0.3) is 0 Å². The monoisotopic (exact) mass is 360 g/mol. The first-order chi connectivity index (χ1) is 13.2. The minimum atomic E-state index is -0.291. The standard InChI is InChI=1S/C22H20N2O3/c1-27-18-13-11-17(12-14-18)21(25)24-20-10-6-5-9-19(20)22(26)23-15-16-7-3-2-4-8-16/h2-14H,15H2,1H3,(H,23,26)(H,24,25). The van der Waals surface area contributed by atoms with Crippen LogP contribution in [0.1, 0.15) is 26.3 Å². The Hall–Kier alpha value is -3.60. The van der Waals surface area contributed by atoms with E-state index in [1.54, 1.807) is 55.6 Å². The van der Waals surface area contributed by atoms with Crippen LogP contribution in [0.5, 0.6) is 5.75 Å². The summed E-state index contributed by atoms with van der Waals surface area (Å²) >= 11 is 0. The van der Waals surface area contributed by atoms with E-state index < -0.39 is 0 Å². The zero-order valence-electron chi connectivity index (χ0n) is 14.9. The van der Waals surface area contributed by atoms with E-state index in [2.05, 4.69) is 10.6 Å². The van der Waals surface area contributed by atoms with Crippen molar-refractivity contribution in [2.75, 3.05) is 12.4 Å². The molecule has 0 bridgehead atoms. The first kappa shape index (κ1) is 18.2. The molecule has 3 rings (SSSR count). The van der Waals surface area contributed by atoms with Gasteiger partial charge < -0.3 is 15.4 Å². The zero-order valence-corrected chi connectivity index (χ0v) is 14.9. The summed E-state index contributed by atoms with van der Waals surface area (Å²) in [5.41, 5.74) is 2.36. The fourth-order valence-electron chi connectivity index (χ4n) is 2.60. The molecule has 5 nitrogen and oxygen atoms in total. The Morgan fingerprint density at radius 3 is 2.19 bits per heavy atom. The molecule has 0 heterocycles. The fourth-order valence-corrected chi connectivity index (χ4v) is 2.60. The number of para-hydroxylation sites is 1. The van der Waals surface area contributed by atoms with E-state index >= 15 is 0 Å². The molecule has 3 aromatic carbocycles. The molecule has 5 heteroatoms. The fraction of sp³-hybridized carbons (Fsp3) is 0.0909. The Kier molecular flexibility index (Phi) is 5.84. The smallest absolute Gasteiger partial charge is 0.255 e. The van der Waals surface area contributed by atoms with Gasteiger partial charge in [-0.15, -0.1) is 0 Å². The normalized spacial score (nSPS) is 10.1. The van der Waals surface area contributed by atoms with E-state index in [-0.39, 0.29) is 11.8 Å². The summed E-state index contributed by atoms with van der Waals surface area (Å²) in [4.78, 5) is 25.0. The van der Waals surface area contributed by atoms with Crippen molar-refractivity contribution >= 4 is 17.5 Å². The summed E-state index contributed by atoms with van der Waals surface area (Å²) in [6.45, 7) is 0.417. The second kappa shape index (κ2) is 8.67. The molecule has 0 aliphatic heterocycles. The van der Waals surface area contributed by atoms with Gasteiger partial charge in [0, 0.05) is 12.1 Å². The molecule has 0 saturated heterocycles. The predicted molar refractivity (Wildman–Crippen MR) is 105 cm³/mol. The molecular weight excluding hydrogens is 340 g/mol. The second-order valence-corrected chi connectivity index (χ2v) is 5.90. The van der Waals surface area contributed by atoms with Crippen LogP contribution in [0.2, 0.25) is 0 Å². The lowest BCUT2D eigenvalue weighted by Crippen LogP contribution is -2.24. The summed E-state index contributed by atoms with van der Waals surface area (Å²) in [7, 11) is 1.57. The maximum Gasteiger partial charge on any atom is 0.255 e. The maximum absolute atomic E-state index is 12.6. The number of amides is 2. The molecule has 0 saturated carbocycles. The number of anilines is 1. The van der Waals surface area contributed by atoms with Crippen LogP contribution < -0.4 is 15.4 Å². The minimum Gasteiger partial charge on any atom is -0.497 e. The summed E-state index contributed by atoms with van der Waals surface area (Å²) in [6, 6.07) is 23.4. The zero-order chi connectivity index (χ0) is 19.1. The third kappa shape index (κ3) is 4.73. The predicted octanol–water partition coefficient (Wildman–Crippen LogP) is 3.88. The molecule has 27 heavy (non-hydrogen) atoms. The molecule has 0 aliphatic carbocycles. The third-order valence-corrected chi connectivity index (χ3v) is 4.07. The molecule has 0 aromatic heterocycles. The van der Waals surface area contributed by atoms with Crippen molar-refractivity contribution in [3.8, 4) is 5.75 Å². The van der Waals surface area contributed by atoms with Gasteiger partial charge in [-0.1, -0.05) is 42.5 Å². The first-order valence-electron chi connectivity index (χ1n) is 8.54. The van der Waals surface area contributed by atoms with Crippen molar-refractivity contribution in [1.82, 2.24) is 5.32 Å². The van der Waals surface area contributed by atoms with Gasteiger partial charge >= 0.3 is 0 Å². The number of ether oxygens (including phenoxy) is 1. The number of methoxy groups -OCH3 is 1. The van der Waals surface area contributed by atoms with Gasteiger partial charge in [0.05, 0.1) is 18.4 Å². The topological polar surface area (TPSA) is 67.4 Å². The number of carbonyl (C=O) groups excluding carboxylic acids is 2.